The summed E-state index contributed by atoms with van der Waals surface area (Å²) in [5, 5.41) is 12.2. The van der Waals surface area contributed by atoms with Crippen molar-refractivity contribution in [2.45, 2.75) is 47.2 Å². The molecule has 3 aliphatic heterocycles. The molecule has 556 valence electrons. The fourth-order valence-corrected chi connectivity index (χ4v) is 17.5. The first-order valence-electron chi connectivity index (χ1n) is 29.2. The Morgan fingerprint density at radius 3 is 1.49 bits per heavy atom. The van der Waals surface area contributed by atoms with E-state index in [2.05, 4.69) is 75.2 Å². The first-order chi connectivity index (χ1) is 50.1. The number of rotatable bonds is 16. The van der Waals surface area contributed by atoms with Crippen LogP contribution < -0.4 is 202 Å². The number of azo groups is 1. The van der Waals surface area contributed by atoms with Gasteiger partial charge in [-0.05, 0) is 101 Å². The van der Waals surface area contributed by atoms with Crippen LogP contribution in [-0.4, -0.2) is 144 Å². The van der Waals surface area contributed by atoms with E-state index in [1.165, 1.54) is 43.3 Å². The Bertz CT molecular complexity index is 7040. The molecule has 0 saturated carbocycles. The molecule has 114 heavy (non-hydrogen) atoms. The van der Waals surface area contributed by atoms with Gasteiger partial charge in [-0.15, -0.1) is 0 Å². The molecule has 1 unspecified atom stereocenters. The van der Waals surface area contributed by atoms with Crippen molar-refractivity contribution in [3.63, 3.8) is 0 Å². The molecule has 3 aliphatic rings. The van der Waals surface area contributed by atoms with E-state index >= 15 is 8.42 Å². The normalized spacial score (nSPS) is 13.6. The summed E-state index contributed by atoms with van der Waals surface area (Å²) in [5.41, 5.74) is -7.15. The van der Waals surface area contributed by atoms with Crippen LogP contribution in [0, 0.1) is 0 Å². The summed E-state index contributed by atoms with van der Waals surface area (Å²) in [6.45, 7) is 1.17. The largest absolute Gasteiger partial charge is 1.00 e. The van der Waals surface area contributed by atoms with Gasteiger partial charge in [0.25, 0.3) is 15.9 Å². The third-order valence-electron chi connectivity index (χ3n) is 15.9. The Morgan fingerprint density at radius 1 is 0.491 bits per heavy atom. The zero-order chi connectivity index (χ0) is 76.7. The van der Waals surface area contributed by atoms with Crippen LogP contribution >= 0.6 is 34.8 Å². The van der Waals surface area contributed by atoms with Crippen molar-refractivity contribution in [1.82, 2.24) is 49.8 Å². The molecule has 0 aliphatic carbocycles. The number of nitrogens with zero attached hydrogens (tertiary/aromatic N) is 14. The van der Waals surface area contributed by atoms with Crippen LogP contribution in [0.3, 0.4) is 0 Å². The van der Waals surface area contributed by atoms with E-state index in [-0.39, 0.29) is 254 Å². The van der Waals surface area contributed by atoms with Crippen LogP contribution in [-0.2, 0) is 92.0 Å². The van der Waals surface area contributed by atoms with Crippen molar-refractivity contribution in [3.05, 3.63) is 154 Å². The Labute approximate surface area is 802 Å². The number of halogens is 3. The molecule has 14 rings (SSSR count). The predicted molar refractivity (Wildman–Crippen MR) is 370 cm³/mol. The summed E-state index contributed by atoms with van der Waals surface area (Å²) in [7, 11) is -38.1. The maximum Gasteiger partial charge on any atom is 1.00 e. The summed E-state index contributed by atoms with van der Waals surface area (Å²) >= 11 is 18.1. The second kappa shape index (κ2) is 36.3. The molecule has 7 heterocycles. The van der Waals surface area contributed by atoms with E-state index in [1.807, 2.05) is 0 Å². The number of hydrogen-bond donors (Lipinski definition) is 2. The third kappa shape index (κ3) is 19.3. The van der Waals surface area contributed by atoms with Crippen molar-refractivity contribution in [1.29, 1.82) is 0 Å². The predicted octanol–water partition coefficient (Wildman–Crippen LogP) is -11.1. The molecule has 54 heteroatoms. The molecule has 0 saturated heterocycles. The van der Waals surface area contributed by atoms with Gasteiger partial charge in [-0.25, -0.2) is 73.9 Å². The monoisotopic (exact) mass is 1830 g/mol. The van der Waals surface area contributed by atoms with Crippen LogP contribution in [0.4, 0.5) is 28.6 Å². The van der Waals surface area contributed by atoms with Gasteiger partial charge >= 0.3 is 177 Å². The van der Waals surface area contributed by atoms with Crippen LogP contribution in [0.5, 0.6) is 0 Å². The van der Waals surface area contributed by atoms with Gasteiger partial charge in [0.05, 0.1) is 80.3 Å². The number of carbonyl (C=O) groups is 1. The molecule has 0 spiro atoms. The zero-order valence-electron chi connectivity index (χ0n) is 58.5. The summed E-state index contributed by atoms with van der Waals surface area (Å²) in [4.78, 5) is 50.7. The summed E-state index contributed by atoms with van der Waals surface area (Å²) in [6, 6.07) is 19.8. The Kier molecular flexibility index (Phi) is 30.8. The van der Waals surface area contributed by atoms with Crippen molar-refractivity contribution in [2.75, 3.05) is 15.0 Å². The van der Waals surface area contributed by atoms with Gasteiger partial charge in [-0.1, -0.05) is 102 Å². The van der Waals surface area contributed by atoms with Crippen molar-refractivity contribution >= 4 is 202 Å². The van der Waals surface area contributed by atoms with Crippen molar-refractivity contribution in [3.8, 4) is 45.6 Å². The Hall–Kier alpha value is -4.17. The van der Waals surface area contributed by atoms with Crippen LogP contribution in [0.1, 0.15) is 18.1 Å². The first kappa shape index (κ1) is 97.0. The minimum atomic E-state index is -5.59. The summed E-state index contributed by atoms with van der Waals surface area (Å²) in [5.74, 6) is -3.87. The van der Waals surface area contributed by atoms with Crippen LogP contribution in [0.15, 0.2) is 177 Å². The second-order valence-electron chi connectivity index (χ2n) is 22.6. The molecular formula is C60H29Cl3N16Na6NiO21S7-2. The molecule has 4 aromatic heterocycles. The number of amides is 1. The van der Waals surface area contributed by atoms with Gasteiger partial charge in [-0.2, -0.15) is 25.3 Å². The van der Waals surface area contributed by atoms with E-state index < -0.39 is 207 Å². The van der Waals surface area contributed by atoms with E-state index in [0.717, 1.165) is 91.0 Å². The minimum Gasteiger partial charge on any atom is -0.744 e. The van der Waals surface area contributed by atoms with Gasteiger partial charge < -0.3 is 62.5 Å². The number of nitrogens with one attached hydrogen (secondary N) is 2. The second-order valence-corrected chi connectivity index (χ2v) is 33.4. The molecule has 8 bridgehead atoms. The fraction of sp³-hybridized carbons (Fsp3) is 0.0333. The molecule has 0 fully saturated rings. The molecule has 1 atom stereocenters. The van der Waals surface area contributed by atoms with Crippen LogP contribution in [0.2, 0.25) is 15.5 Å². The van der Waals surface area contributed by atoms with Gasteiger partial charge in [0, 0.05) is 72.1 Å². The summed E-state index contributed by atoms with van der Waals surface area (Å²) < 4.78 is 264. The van der Waals surface area contributed by atoms with Gasteiger partial charge in [0.15, 0.2) is 17.0 Å². The summed E-state index contributed by atoms with van der Waals surface area (Å²) in [6.07, 6.45) is 2.15. The molecular weight excluding hydrogens is 1810 g/mol. The topological polar surface area (TPSA) is 590 Å². The number of fused-ring (bicyclic) bond motifs is 20. The Balaban J connectivity index is 0.00000257. The number of hydrogen-bond acceptors (Lipinski definition) is 33. The minimum absolute atomic E-state index is 0. The number of benzene rings is 7. The molecule has 2 N–H and O–H groups in total. The number of hydrazone groups is 1. The van der Waals surface area contributed by atoms with E-state index in [4.69, 9.17) is 34.8 Å². The van der Waals surface area contributed by atoms with E-state index in [9.17, 15) is 82.6 Å². The van der Waals surface area contributed by atoms with E-state index in [1.54, 1.807) is 0 Å². The Morgan fingerprint density at radius 2 is 0.974 bits per heavy atom. The van der Waals surface area contributed by atoms with Gasteiger partial charge in [0.2, 0.25) is 5.28 Å². The van der Waals surface area contributed by atoms with Gasteiger partial charge in [-0.3, -0.25) is 9.52 Å². The molecule has 1 amide bonds. The molecule has 37 nitrogen and oxygen atoms in total. The zero-order valence-corrected chi connectivity index (χ0v) is 79.5. The number of aromatic nitrogens is 10. The molecule has 0 radical (unpaired) electrons. The SMILES string of the molecule is CC1=NN(c2ccc(C=Cc3cccc(Nc4nc(Cl)nc(Cl)c4Cl)c3S(=O)(=O)[O-])cc2S(=O)(=O)[O-])C(=O)C1N=Nc1cc(NS(=O)(=O)c2cccc3c2-c2nc-3nc3[n-]c(nc4nc(nc5[n-]c(n2)c2cccc(S(=O)(=O)[O-])c52)-c2cccc(S(=O)(=O)[O-])c2-4)c2cccc(S(=O)(=O)[O-])c32)ccc1S(=O)(=O)[O-].[Na+].[Na+].[Na+].[Na+].[Na+].[Na+].[Ni]. The standard InChI is InChI=1S/C60H35Cl3N16O21S7.6Na.Ni/c1-25-47(59(80)79(77-25)35-21-18-26(23-41(35)106(95,96)97)17-19-27-7-2-12-33(48(27)107(98,99)100)64-58-46(61)49(62)65-60(63)74-58)76-75-34-24-28(20-22-36(34)102(83,84)85)78-101(81,82)37-13-3-8-29-42(37)54-66-50(29)68-55-44-31(10-5-15-39(44)104(89,90)91)52(70-55)72-57-45-32(11-6-16-40(45)105(92,93)94)53(73-57)71-56-43-30(51(67-54)69-56)9-4-14-38(43)103(86,87)88;;;;;;;/h2-24,47,78H,1H3,(H7-2,64,65,66,67,68,69,70,71,72,73,74,75,76,83,84,85,86,87,88,89,90,91,92,93,94,95,96,97,98,99,100);;;;;;;/q-2;6*+1;/p-6. The fourth-order valence-electron chi connectivity index (χ4n) is 11.5. The maximum atomic E-state index is 15.1. The van der Waals surface area contributed by atoms with Crippen LogP contribution in [0.25, 0.3) is 102 Å². The number of carbonyl (C=O) groups excluding carboxylic acids is 1. The maximum absolute atomic E-state index is 15.1. The number of sulfonamides is 1. The van der Waals surface area contributed by atoms with Crippen molar-refractivity contribution < 1.29 is 285 Å². The molecule has 7 aromatic carbocycles. The average molecular weight is 1840 g/mol. The first-order valence-corrected chi connectivity index (χ1v) is 40.3. The van der Waals surface area contributed by atoms with E-state index in [0.29, 0.717) is 17.1 Å². The number of anilines is 4. The smallest absolute Gasteiger partial charge is 0.744 e. The quantitative estimate of drug-likeness (QED) is 0.0226. The van der Waals surface area contributed by atoms with Gasteiger partial charge in [0.1, 0.15) is 71.4 Å². The molecule has 11 aromatic rings. The third-order valence-corrected chi connectivity index (χ3v) is 23.5. The average Bonchev–Trinajstić information content (AvgIpc) is 1.58. The van der Waals surface area contributed by atoms with Crippen molar-refractivity contribution in [2.24, 2.45) is 15.3 Å².